The number of rotatable bonds is 9. The summed E-state index contributed by atoms with van der Waals surface area (Å²) >= 11 is 1.52. The lowest BCUT2D eigenvalue weighted by Crippen LogP contribution is -2.45. The first-order valence-corrected chi connectivity index (χ1v) is 9.67. The van der Waals surface area contributed by atoms with Gasteiger partial charge in [0, 0.05) is 18.7 Å². The van der Waals surface area contributed by atoms with E-state index in [0.717, 1.165) is 25.9 Å². The molecule has 0 amide bonds. The van der Waals surface area contributed by atoms with Crippen LogP contribution >= 0.6 is 11.9 Å². The summed E-state index contributed by atoms with van der Waals surface area (Å²) < 4.78 is 0. The highest BCUT2D eigenvalue weighted by Gasteiger charge is 2.16. The molecule has 0 bridgehead atoms. The topological polar surface area (TPSA) is 81.4 Å². The van der Waals surface area contributed by atoms with Crippen molar-refractivity contribution in [2.45, 2.75) is 38.6 Å². The van der Waals surface area contributed by atoms with Crippen molar-refractivity contribution >= 4 is 17.8 Å². The van der Waals surface area contributed by atoms with Gasteiger partial charge in [0.15, 0.2) is 0 Å². The van der Waals surface area contributed by atoms with E-state index in [1.165, 1.54) is 49.9 Å². The van der Waals surface area contributed by atoms with Gasteiger partial charge in [-0.15, -0.1) is 9.94 Å². The van der Waals surface area contributed by atoms with Crippen LogP contribution in [0.2, 0.25) is 0 Å². The van der Waals surface area contributed by atoms with Crippen molar-refractivity contribution in [3.8, 4) is 0 Å². The number of hydrazine groups is 2. The van der Waals surface area contributed by atoms with Crippen molar-refractivity contribution in [3.05, 3.63) is 18.0 Å². The van der Waals surface area contributed by atoms with Gasteiger partial charge in [-0.1, -0.05) is 18.4 Å². The molecule has 8 nitrogen and oxygen atoms in total. The third-order valence-electron chi connectivity index (χ3n) is 4.17. The highest BCUT2D eigenvalue weighted by Crippen LogP contribution is 2.12. The number of piperidine rings is 1. The van der Waals surface area contributed by atoms with Gasteiger partial charge in [-0.25, -0.2) is 10.5 Å². The van der Waals surface area contributed by atoms with E-state index < -0.39 is 0 Å². The fourth-order valence-corrected chi connectivity index (χ4v) is 3.49. The summed E-state index contributed by atoms with van der Waals surface area (Å²) in [5.74, 6) is 1.27. The second kappa shape index (κ2) is 9.26. The lowest BCUT2D eigenvalue weighted by Gasteiger charge is -2.25. The van der Waals surface area contributed by atoms with Crippen LogP contribution in [0.1, 0.15) is 37.7 Å². The molecule has 0 aromatic carbocycles. The van der Waals surface area contributed by atoms with Crippen LogP contribution in [0, 0.1) is 5.41 Å². The molecule has 1 aromatic rings. The number of unbranched alkanes of at least 4 members (excludes halogenated alkanes) is 1. The van der Waals surface area contributed by atoms with Crippen molar-refractivity contribution in [3.63, 3.8) is 0 Å². The monoisotopic (exact) mass is 353 g/mol. The fraction of sp³-hybridized carbons (Fsp3) is 0.733. The van der Waals surface area contributed by atoms with Crippen molar-refractivity contribution in [1.82, 2.24) is 30.2 Å². The number of likely N-dealkylation sites (tertiary alicyclic amines) is 1. The second-order valence-corrected chi connectivity index (χ2v) is 6.96. The molecule has 0 unspecified atom stereocenters. The van der Waals surface area contributed by atoms with Gasteiger partial charge < -0.3 is 4.84 Å². The summed E-state index contributed by atoms with van der Waals surface area (Å²) in [7, 11) is 0. The van der Waals surface area contributed by atoms with Gasteiger partial charge in [0.05, 0.1) is 18.1 Å². The van der Waals surface area contributed by atoms with Gasteiger partial charge in [-0.05, 0) is 38.8 Å². The van der Waals surface area contributed by atoms with E-state index >= 15 is 0 Å². The lowest BCUT2D eigenvalue weighted by atomic mass is 10.1. The molecule has 0 radical (unpaired) electrons. The zero-order valence-electron chi connectivity index (χ0n) is 14.0. The molecule has 24 heavy (non-hydrogen) atoms. The maximum absolute atomic E-state index is 7.67. The molecule has 9 heteroatoms. The minimum atomic E-state index is 0.564. The Bertz CT molecular complexity index is 518. The summed E-state index contributed by atoms with van der Waals surface area (Å²) in [6, 6.07) is 0. The molecule has 2 fully saturated rings. The number of nitrogens with zero attached hydrogens (tertiary/aromatic N) is 4. The van der Waals surface area contributed by atoms with Gasteiger partial charge in [0.2, 0.25) is 0 Å². The van der Waals surface area contributed by atoms with E-state index in [1.54, 1.807) is 9.96 Å². The number of amidine groups is 1. The summed E-state index contributed by atoms with van der Waals surface area (Å²) in [5, 5.41) is 13.6. The normalized spacial score (nSPS) is 19.2. The zero-order valence-corrected chi connectivity index (χ0v) is 14.9. The Morgan fingerprint density at radius 1 is 1.29 bits per heavy atom. The van der Waals surface area contributed by atoms with Gasteiger partial charge in [-0.3, -0.25) is 10.3 Å². The summed E-state index contributed by atoms with van der Waals surface area (Å²) in [4.78, 5) is 12.7. The van der Waals surface area contributed by atoms with Crippen LogP contribution in [-0.2, 0) is 6.54 Å². The molecule has 2 aliphatic rings. The molecule has 3 N–H and O–H groups in total. The van der Waals surface area contributed by atoms with Crippen LogP contribution in [0.25, 0.3) is 0 Å². The Morgan fingerprint density at radius 3 is 2.96 bits per heavy atom. The SMILES string of the molecule is N=C1CSNN1NCCCCOn1cc(CN2CCCCC2)cn1. The van der Waals surface area contributed by atoms with Crippen LogP contribution in [0.15, 0.2) is 12.4 Å². The molecule has 1 aromatic heterocycles. The molecular formula is C15H27N7OS. The highest BCUT2D eigenvalue weighted by molar-refractivity contribution is 7.98. The number of nitrogens with one attached hydrogen (secondary N) is 3. The molecule has 134 valence electrons. The van der Waals surface area contributed by atoms with E-state index in [2.05, 4.69) is 20.3 Å². The van der Waals surface area contributed by atoms with E-state index in [1.807, 2.05) is 12.4 Å². The third-order valence-corrected chi connectivity index (χ3v) is 4.90. The molecule has 0 saturated carbocycles. The number of hydrogen-bond donors (Lipinski definition) is 3. The van der Waals surface area contributed by atoms with E-state index in [4.69, 9.17) is 10.2 Å². The molecule has 2 aliphatic heterocycles. The lowest BCUT2D eigenvalue weighted by molar-refractivity contribution is 0.0786. The Labute approximate surface area is 147 Å². The smallest absolute Gasteiger partial charge is 0.140 e. The molecule has 3 rings (SSSR count). The molecular weight excluding hydrogens is 326 g/mol. The molecule has 0 atom stereocenters. The predicted molar refractivity (Wildman–Crippen MR) is 95.2 cm³/mol. The van der Waals surface area contributed by atoms with Gasteiger partial charge in [0.1, 0.15) is 12.4 Å². The Morgan fingerprint density at radius 2 is 2.17 bits per heavy atom. The molecule has 0 spiro atoms. The zero-order chi connectivity index (χ0) is 16.6. The third kappa shape index (κ3) is 5.37. The first-order valence-electron chi connectivity index (χ1n) is 8.69. The fourth-order valence-electron chi connectivity index (χ4n) is 2.86. The van der Waals surface area contributed by atoms with E-state index in [0.29, 0.717) is 18.2 Å². The summed E-state index contributed by atoms with van der Waals surface area (Å²) in [6.07, 6.45) is 9.80. The first-order chi connectivity index (χ1) is 11.8. The van der Waals surface area contributed by atoms with Crippen LogP contribution in [-0.4, -0.2) is 57.8 Å². The predicted octanol–water partition coefficient (Wildman–Crippen LogP) is 1.03. The van der Waals surface area contributed by atoms with Crippen LogP contribution < -0.4 is 15.1 Å². The molecule has 2 saturated heterocycles. The minimum Gasteiger partial charge on any atom is -0.397 e. The maximum atomic E-state index is 7.67. The van der Waals surface area contributed by atoms with Gasteiger partial charge in [-0.2, -0.15) is 4.83 Å². The Hall–Kier alpha value is -1.29. The Balaban J connectivity index is 1.26. The van der Waals surface area contributed by atoms with Crippen LogP contribution in [0.5, 0.6) is 0 Å². The second-order valence-electron chi connectivity index (χ2n) is 6.20. The van der Waals surface area contributed by atoms with Gasteiger partial charge in [0.25, 0.3) is 0 Å². The van der Waals surface area contributed by atoms with Crippen molar-refractivity contribution in [2.24, 2.45) is 0 Å². The minimum absolute atomic E-state index is 0.564. The average Bonchev–Trinajstić information content (AvgIpc) is 3.21. The molecule has 3 heterocycles. The average molecular weight is 353 g/mol. The maximum Gasteiger partial charge on any atom is 0.140 e. The van der Waals surface area contributed by atoms with Crippen molar-refractivity contribution in [1.29, 1.82) is 5.41 Å². The number of hydrogen-bond acceptors (Lipinski definition) is 7. The van der Waals surface area contributed by atoms with E-state index in [9.17, 15) is 0 Å². The molecule has 0 aliphatic carbocycles. The Kier molecular flexibility index (Phi) is 6.76. The summed E-state index contributed by atoms with van der Waals surface area (Å²) in [5.41, 5.74) is 4.39. The summed E-state index contributed by atoms with van der Waals surface area (Å²) in [6.45, 7) is 4.83. The first kappa shape index (κ1) is 17.5. The highest BCUT2D eigenvalue weighted by atomic mass is 32.2. The van der Waals surface area contributed by atoms with Crippen LogP contribution in [0.4, 0.5) is 0 Å². The van der Waals surface area contributed by atoms with Crippen LogP contribution in [0.3, 0.4) is 0 Å². The quantitative estimate of drug-likeness (QED) is 0.452. The van der Waals surface area contributed by atoms with E-state index in [-0.39, 0.29) is 0 Å². The van der Waals surface area contributed by atoms with Crippen molar-refractivity contribution < 1.29 is 4.84 Å². The standard InChI is InChI=1S/C15H27N7OS/c16-15-13-24-19-22(15)17-6-2-5-9-23-21-12-14(10-18-21)11-20-7-3-1-4-8-20/h10,12,16-17,19H,1-9,11,13H2. The van der Waals surface area contributed by atoms with Crippen molar-refractivity contribution in [2.75, 3.05) is 32.0 Å². The largest absolute Gasteiger partial charge is 0.397 e. The van der Waals surface area contributed by atoms with Gasteiger partial charge >= 0.3 is 0 Å². The number of aromatic nitrogens is 2.